The summed E-state index contributed by atoms with van der Waals surface area (Å²) in [5.41, 5.74) is 0.929. The number of aromatic nitrogens is 5. The van der Waals surface area contributed by atoms with E-state index >= 15 is 0 Å². The molecule has 30 heavy (non-hydrogen) atoms. The molecule has 4 rings (SSSR count). The largest absolute Gasteiger partial charge is 0.362 e. The van der Waals surface area contributed by atoms with Crippen LogP contribution < -0.4 is 10.6 Å². The zero-order valence-corrected chi connectivity index (χ0v) is 16.4. The number of hydrogen-bond donors (Lipinski definition) is 3. The zero-order chi connectivity index (χ0) is 21.3. The minimum absolute atomic E-state index is 0.121. The minimum atomic E-state index is -1.22. The van der Waals surface area contributed by atoms with Gasteiger partial charge in [-0.3, -0.25) is 9.48 Å². The molecule has 3 N–H and O–H groups in total. The molecule has 0 radical (unpaired) electrons. The summed E-state index contributed by atoms with van der Waals surface area (Å²) in [6.07, 6.45) is 4.73. The van der Waals surface area contributed by atoms with Crippen molar-refractivity contribution < 1.29 is 13.6 Å². The highest BCUT2D eigenvalue weighted by Crippen LogP contribution is 2.28. The van der Waals surface area contributed by atoms with E-state index in [1.54, 1.807) is 17.1 Å². The topological polar surface area (TPSA) is 104 Å². The van der Waals surface area contributed by atoms with Gasteiger partial charge in [-0.1, -0.05) is 6.58 Å². The standard InChI is InChI=1S/C19H22F2N8O/c1-3-15(30)28-6-5-12(20)14(10-28)25-18-16-13(21)8-22-17(16)26-19(27-18)24-11-7-23-29(4-2)9-11/h3,7-9,12,14H,1,4-6,10H2,2H3,(H3,22,24,25,26,27)/t12-,14+/m1/s1. The Kier molecular flexibility index (Phi) is 5.34. The molecule has 9 nitrogen and oxygen atoms in total. The molecule has 0 aromatic carbocycles. The summed E-state index contributed by atoms with van der Waals surface area (Å²) in [5, 5.41) is 10.3. The van der Waals surface area contributed by atoms with Crippen molar-refractivity contribution in [1.29, 1.82) is 0 Å². The van der Waals surface area contributed by atoms with E-state index in [-0.39, 0.29) is 41.7 Å². The maximum absolute atomic E-state index is 14.6. The first kappa shape index (κ1) is 19.8. The van der Waals surface area contributed by atoms with Gasteiger partial charge < -0.3 is 20.5 Å². The first-order valence-electron chi connectivity index (χ1n) is 9.64. The third-order valence-corrected chi connectivity index (χ3v) is 5.03. The molecule has 0 bridgehead atoms. The van der Waals surface area contributed by atoms with E-state index in [1.165, 1.54) is 17.2 Å². The van der Waals surface area contributed by atoms with E-state index in [4.69, 9.17) is 0 Å². The lowest BCUT2D eigenvalue weighted by Crippen LogP contribution is -2.50. The Morgan fingerprint density at radius 3 is 3.03 bits per heavy atom. The van der Waals surface area contributed by atoms with Crippen LogP contribution in [0.25, 0.3) is 11.0 Å². The third-order valence-electron chi connectivity index (χ3n) is 5.03. The van der Waals surface area contributed by atoms with E-state index in [1.807, 2.05) is 6.92 Å². The normalized spacial score (nSPS) is 19.1. The van der Waals surface area contributed by atoms with Gasteiger partial charge in [0.15, 0.2) is 5.82 Å². The Labute approximate surface area is 171 Å². The zero-order valence-electron chi connectivity index (χ0n) is 16.4. The number of anilines is 3. The number of carbonyl (C=O) groups excluding carboxylic acids is 1. The van der Waals surface area contributed by atoms with Gasteiger partial charge >= 0.3 is 0 Å². The van der Waals surface area contributed by atoms with Crippen molar-refractivity contribution in [3.63, 3.8) is 0 Å². The van der Waals surface area contributed by atoms with Crippen molar-refractivity contribution in [2.45, 2.75) is 32.1 Å². The number of alkyl halides is 1. The number of likely N-dealkylation sites (tertiary alicyclic amines) is 1. The second kappa shape index (κ2) is 8.09. The summed E-state index contributed by atoms with van der Waals surface area (Å²) < 4.78 is 30.7. The van der Waals surface area contributed by atoms with Crippen LogP contribution in [0.1, 0.15) is 13.3 Å². The van der Waals surface area contributed by atoms with Crippen molar-refractivity contribution in [2.75, 3.05) is 23.7 Å². The van der Waals surface area contributed by atoms with Crippen LogP contribution in [-0.2, 0) is 11.3 Å². The summed E-state index contributed by atoms with van der Waals surface area (Å²) in [5.74, 6) is -0.481. The van der Waals surface area contributed by atoms with Gasteiger partial charge in [-0.2, -0.15) is 15.1 Å². The van der Waals surface area contributed by atoms with Gasteiger partial charge in [-0.05, 0) is 19.4 Å². The second-order valence-electron chi connectivity index (χ2n) is 7.01. The highest BCUT2D eigenvalue weighted by Gasteiger charge is 2.32. The molecule has 1 aliphatic rings. The van der Waals surface area contributed by atoms with E-state index in [0.29, 0.717) is 18.8 Å². The Bertz CT molecular complexity index is 1080. The number of H-pyrrole nitrogens is 1. The van der Waals surface area contributed by atoms with Crippen LogP contribution in [0.15, 0.2) is 31.2 Å². The summed E-state index contributed by atoms with van der Waals surface area (Å²) in [7, 11) is 0. The highest BCUT2D eigenvalue weighted by molar-refractivity contribution is 5.89. The summed E-state index contributed by atoms with van der Waals surface area (Å²) in [4.78, 5) is 24.8. The number of rotatable bonds is 6. The molecule has 2 atom stereocenters. The SMILES string of the molecule is C=CC(=O)N1CC[C@@H](F)[C@@H](Nc2nc(Nc3cnn(CC)c3)nc3[nH]cc(F)c23)C1. The summed E-state index contributed by atoms with van der Waals surface area (Å²) >= 11 is 0. The van der Waals surface area contributed by atoms with Gasteiger partial charge in [0.2, 0.25) is 11.9 Å². The fourth-order valence-corrected chi connectivity index (χ4v) is 3.45. The number of aryl methyl sites for hydroxylation is 1. The Balaban J connectivity index is 1.64. The van der Waals surface area contributed by atoms with Crippen molar-refractivity contribution in [3.8, 4) is 0 Å². The molecule has 0 aliphatic carbocycles. The predicted octanol–water partition coefficient (Wildman–Crippen LogP) is 2.59. The monoisotopic (exact) mass is 416 g/mol. The molecule has 0 unspecified atom stereocenters. The Morgan fingerprint density at radius 2 is 2.30 bits per heavy atom. The molecule has 0 saturated carbocycles. The van der Waals surface area contributed by atoms with Crippen LogP contribution in [0.3, 0.4) is 0 Å². The molecule has 3 aromatic heterocycles. The molecule has 1 amide bonds. The van der Waals surface area contributed by atoms with E-state index in [0.717, 1.165) is 0 Å². The smallest absolute Gasteiger partial charge is 0.246 e. The van der Waals surface area contributed by atoms with Crippen molar-refractivity contribution in [2.24, 2.45) is 0 Å². The van der Waals surface area contributed by atoms with Crippen molar-refractivity contribution in [1.82, 2.24) is 29.6 Å². The number of nitrogens with one attached hydrogen (secondary N) is 3. The number of nitrogens with zero attached hydrogens (tertiary/aromatic N) is 5. The quantitative estimate of drug-likeness (QED) is 0.534. The lowest BCUT2D eigenvalue weighted by Gasteiger charge is -2.35. The Hall–Kier alpha value is -3.50. The molecule has 0 spiro atoms. The molecule has 11 heteroatoms. The molecule has 1 fully saturated rings. The molecule has 158 valence electrons. The maximum Gasteiger partial charge on any atom is 0.246 e. The summed E-state index contributed by atoms with van der Waals surface area (Å²) in [6.45, 7) is 6.56. The van der Waals surface area contributed by atoms with Gasteiger partial charge in [0.1, 0.15) is 17.6 Å². The average Bonchev–Trinajstić information content (AvgIpc) is 3.35. The maximum atomic E-state index is 14.6. The number of carbonyl (C=O) groups is 1. The van der Waals surface area contributed by atoms with Crippen molar-refractivity contribution >= 4 is 34.4 Å². The minimum Gasteiger partial charge on any atom is -0.362 e. The second-order valence-corrected chi connectivity index (χ2v) is 7.01. The number of aromatic amines is 1. The number of hydrogen-bond acceptors (Lipinski definition) is 6. The van der Waals surface area contributed by atoms with Gasteiger partial charge in [-0.15, -0.1) is 0 Å². The third kappa shape index (κ3) is 3.82. The highest BCUT2D eigenvalue weighted by atomic mass is 19.1. The molecule has 4 heterocycles. The van der Waals surface area contributed by atoms with Crippen LogP contribution in [0, 0.1) is 5.82 Å². The van der Waals surface area contributed by atoms with Gasteiger partial charge in [0.25, 0.3) is 0 Å². The van der Waals surface area contributed by atoms with E-state index < -0.39 is 18.0 Å². The van der Waals surface area contributed by atoms with Crippen molar-refractivity contribution in [3.05, 3.63) is 37.1 Å². The fourth-order valence-electron chi connectivity index (χ4n) is 3.45. The lowest BCUT2D eigenvalue weighted by atomic mass is 10.0. The van der Waals surface area contributed by atoms with Gasteiger partial charge in [-0.25, -0.2) is 8.78 Å². The number of piperidine rings is 1. The molecule has 1 saturated heterocycles. The van der Waals surface area contributed by atoms with Crippen LogP contribution in [-0.4, -0.2) is 60.8 Å². The first-order chi connectivity index (χ1) is 14.5. The van der Waals surface area contributed by atoms with Gasteiger partial charge in [0, 0.05) is 32.0 Å². The van der Waals surface area contributed by atoms with Crippen LogP contribution in [0.4, 0.5) is 26.2 Å². The molecular weight excluding hydrogens is 394 g/mol. The van der Waals surface area contributed by atoms with Crippen LogP contribution in [0.2, 0.25) is 0 Å². The predicted molar refractivity (Wildman–Crippen MR) is 109 cm³/mol. The van der Waals surface area contributed by atoms with Gasteiger partial charge in [0.05, 0.1) is 23.3 Å². The molecule has 3 aromatic rings. The fraction of sp³-hybridized carbons (Fsp3) is 0.368. The van der Waals surface area contributed by atoms with E-state index in [9.17, 15) is 13.6 Å². The number of amides is 1. The lowest BCUT2D eigenvalue weighted by molar-refractivity contribution is -0.127. The number of halogens is 2. The summed E-state index contributed by atoms with van der Waals surface area (Å²) in [6, 6.07) is -0.745. The van der Waals surface area contributed by atoms with Crippen LogP contribution in [0.5, 0.6) is 0 Å². The van der Waals surface area contributed by atoms with E-state index in [2.05, 4.69) is 37.3 Å². The molecule has 1 aliphatic heterocycles. The average molecular weight is 416 g/mol. The Morgan fingerprint density at radius 1 is 1.47 bits per heavy atom. The number of fused-ring (bicyclic) bond motifs is 1. The first-order valence-corrected chi connectivity index (χ1v) is 9.64. The van der Waals surface area contributed by atoms with Crippen LogP contribution >= 0.6 is 0 Å². The molecular formula is C19H22F2N8O.